The molecule has 0 aliphatic rings. The van der Waals surface area contributed by atoms with Gasteiger partial charge in [0.05, 0.1) is 31.1 Å². The molecule has 0 aliphatic heterocycles. The van der Waals surface area contributed by atoms with E-state index in [4.69, 9.17) is 9.47 Å². The molecule has 10 heteroatoms. The van der Waals surface area contributed by atoms with Gasteiger partial charge in [0.25, 0.3) is 10.0 Å². The molecule has 0 atom stereocenters. The van der Waals surface area contributed by atoms with Crippen molar-refractivity contribution in [1.29, 1.82) is 0 Å². The zero-order valence-electron chi connectivity index (χ0n) is 19.9. The molecule has 9 nitrogen and oxygen atoms in total. The lowest BCUT2D eigenvalue weighted by molar-refractivity contribution is -0.119. The summed E-state index contributed by atoms with van der Waals surface area (Å²) < 4.78 is 40.6. The number of carbonyl (C=O) groups is 1. The highest BCUT2D eigenvalue weighted by atomic mass is 32.2. The third kappa shape index (κ3) is 5.49. The van der Waals surface area contributed by atoms with Gasteiger partial charge >= 0.3 is 0 Å². The van der Waals surface area contributed by atoms with Crippen LogP contribution in [0.4, 0.5) is 5.69 Å². The lowest BCUT2D eigenvalue weighted by atomic mass is 10.2. The van der Waals surface area contributed by atoms with E-state index in [-0.39, 0.29) is 17.2 Å². The van der Waals surface area contributed by atoms with Gasteiger partial charge in [-0.25, -0.2) is 13.4 Å². The fourth-order valence-electron chi connectivity index (χ4n) is 3.60. The number of nitrogens with zero attached hydrogens (tertiary/aromatic N) is 3. The van der Waals surface area contributed by atoms with E-state index in [9.17, 15) is 13.2 Å². The van der Waals surface area contributed by atoms with Crippen LogP contribution < -0.4 is 19.1 Å². The molecule has 4 aromatic rings. The van der Waals surface area contributed by atoms with Gasteiger partial charge in [0, 0.05) is 30.7 Å². The first kappa shape index (κ1) is 24.8. The van der Waals surface area contributed by atoms with Crippen molar-refractivity contribution in [3.63, 3.8) is 0 Å². The minimum absolute atomic E-state index is 0.0214. The standard InChI is InChI=1S/C26H26N4O5S/c1-34-24-13-12-23(16-25(24)35-2)36(32,33)30(22-6-4-3-5-7-22)18-26(31)28-17-20-8-10-21(11-9-20)29-15-14-27-19-29/h3-16,19H,17-18H2,1-2H3,(H,28,31). The Hall–Kier alpha value is -4.31. The summed E-state index contributed by atoms with van der Waals surface area (Å²) in [6.45, 7) is -0.143. The summed E-state index contributed by atoms with van der Waals surface area (Å²) in [5, 5.41) is 2.81. The Morgan fingerprint density at radius 3 is 2.33 bits per heavy atom. The van der Waals surface area contributed by atoms with Crippen LogP contribution in [0.25, 0.3) is 5.69 Å². The summed E-state index contributed by atoms with van der Waals surface area (Å²) in [5.41, 5.74) is 2.19. The van der Waals surface area contributed by atoms with Crippen molar-refractivity contribution in [2.24, 2.45) is 0 Å². The molecule has 0 saturated heterocycles. The number of anilines is 1. The Kier molecular flexibility index (Phi) is 7.55. The molecule has 1 heterocycles. The lowest BCUT2D eigenvalue weighted by Gasteiger charge is -2.24. The summed E-state index contributed by atoms with van der Waals surface area (Å²) in [4.78, 5) is 16.9. The maximum absolute atomic E-state index is 13.6. The lowest BCUT2D eigenvalue weighted by Crippen LogP contribution is -2.40. The number of aromatic nitrogens is 2. The van der Waals surface area contributed by atoms with Crippen LogP contribution in [0.3, 0.4) is 0 Å². The van der Waals surface area contributed by atoms with E-state index in [1.165, 1.54) is 32.4 Å². The number of imidazole rings is 1. The number of hydrogen-bond donors (Lipinski definition) is 1. The summed E-state index contributed by atoms with van der Waals surface area (Å²) in [6.07, 6.45) is 5.24. The number of hydrogen-bond acceptors (Lipinski definition) is 6. The van der Waals surface area contributed by atoms with Gasteiger partial charge in [-0.3, -0.25) is 9.10 Å². The summed E-state index contributed by atoms with van der Waals surface area (Å²) >= 11 is 0. The van der Waals surface area contributed by atoms with Crippen LogP contribution in [0.2, 0.25) is 0 Å². The highest BCUT2D eigenvalue weighted by Gasteiger charge is 2.28. The van der Waals surface area contributed by atoms with Crippen LogP contribution in [0.1, 0.15) is 5.56 Å². The topological polar surface area (TPSA) is 103 Å². The smallest absolute Gasteiger partial charge is 0.264 e. The van der Waals surface area contributed by atoms with Gasteiger partial charge in [0.2, 0.25) is 5.91 Å². The molecule has 1 N–H and O–H groups in total. The number of benzene rings is 3. The zero-order valence-corrected chi connectivity index (χ0v) is 20.7. The number of methoxy groups -OCH3 is 2. The van der Waals surface area contributed by atoms with Gasteiger partial charge in [0.15, 0.2) is 11.5 Å². The largest absolute Gasteiger partial charge is 0.493 e. The Morgan fingerprint density at radius 2 is 1.69 bits per heavy atom. The fraction of sp³-hybridized carbons (Fsp3) is 0.154. The maximum atomic E-state index is 13.6. The predicted molar refractivity (Wildman–Crippen MR) is 136 cm³/mol. The van der Waals surface area contributed by atoms with E-state index in [1.54, 1.807) is 42.9 Å². The fourth-order valence-corrected chi connectivity index (χ4v) is 5.04. The van der Waals surface area contributed by atoms with Crippen molar-refractivity contribution >= 4 is 21.6 Å². The summed E-state index contributed by atoms with van der Waals surface area (Å²) in [6, 6.07) is 20.4. The van der Waals surface area contributed by atoms with Gasteiger partial charge in [-0.2, -0.15) is 0 Å². The first-order valence-electron chi connectivity index (χ1n) is 11.1. The Bertz CT molecular complexity index is 1410. The van der Waals surface area contributed by atoms with Crippen LogP contribution in [0.5, 0.6) is 11.5 Å². The van der Waals surface area contributed by atoms with E-state index in [1.807, 2.05) is 35.0 Å². The number of amides is 1. The SMILES string of the molecule is COc1ccc(S(=O)(=O)N(CC(=O)NCc2ccc(-n3ccnc3)cc2)c2ccccc2)cc1OC. The minimum atomic E-state index is -4.09. The molecule has 186 valence electrons. The number of para-hydroxylation sites is 1. The second-order valence-electron chi connectivity index (χ2n) is 7.78. The molecule has 0 aliphatic carbocycles. The summed E-state index contributed by atoms with van der Waals surface area (Å²) in [7, 11) is -1.19. The van der Waals surface area contributed by atoms with Gasteiger partial charge < -0.3 is 19.4 Å². The van der Waals surface area contributed by atoms with Crippen LogP contribution in [-0.2, 0) is 21.4 Å². The van der Waals surface area contributed by atoms with Crippen LogP contribution >= 0.6 is 0 Å². The monoisotopic (exact) mass is 506 g/mol. The Morgan fingerprint density at radius 1 is 0.972 bits per heavy atom. The highest BCUT2D eigenvalue weighted by molar-refractivity contribution is 7.92. The van der Waals surface area contributed by atoms with E-state index < -0.39 is 22.5 Å². The number of rotatable bonds is 10. The molecule has 36 heavy (non-hydrogen) atoms. The second kappa shape index (κ2) is 11.0. The van der Waals surface area contributed by atoms with Crippen molar-refractivity contribution < 1.29 is 22.7 Å². The van der Waals surface area contributed by atoms with E-state index >= 15 is 0 Å². The van der Waals surface area contributed by atoms with Crippen molar-refractivity contribution in [2.45, 2.75) is 11.4 Å². The van der Waals surface area contributed by atoms with Gasteiger partial charge in [0.1, 0.15) is 6.54 Å². The van der Waals surface area contributed by atoms with E-state index in [2.05, 4.69) is 10.3 Å². The molecule has 0 spiro atoms. The van der Waals surface area contributed by atoms with Crippen LogP contribution in [-0.4, -0.2) is 44.6 Å². The molecule has 3 aromatic carbocycles. The molecule has 0 radical (unpaired) electrons. The second-order valence-corrected chi connectivity index (χ2v) is 9.64. The molecule has 0 fully saturated rings. The van der Waals surface area contributed by atoms with Gasteiger partial charge in [-0.05, 0) is 42.0 Å². The first-order chi connectivity index (χ1) is 17.4. The average molecular weight is 507 g/mol. The van der Waals surface area contributed by atoms with Crippen molar-refractivity contribution in [2.75, 3.05) is 25.1 Å². The number of sulfonamides is 1. The molecule has 1 amide bonds. The zero-order chi connectivity index (χ0) is 25.5. The molecular weight excluding hydrogens is 480 g/mol. The average Bonchev–Trinajstić information content (AvgIpc) is 3.46. The number of ether oxygens (including phenoxy) is 2. The molecule has 0 saturated carbocycles. The third-order valence-electron chi connectivity index (χ3n) is 5.50. The summed E-state index contributed by atoms with van der Waals surface area (Å²) in [5.74, 6) is 0.233. The normalized spacial score (nSPS) is 11.1. The Labute approximate surface area is 210 Å². The Balaban J connectivity index is 1.52. The van der Waals surface area contributed by atoms with Gasteiger partial charge in [-0.1, -0.05) is 30.3 Å². The quantitative estimate of drug-likeness (QED) is 0.354. The molecular formula is C26H26N4O5S. The molecule has 1 aromatic heterocycles. The van der Waals surface area contributed by atoms with Crippen molar-refractivity contribution in [3.8, 4) is 17.2 Å². The van der Waals surface area contributed by atoms with Crippen molar-refractivity contribution in [1.82, 2.24) is 14.9 Å². The van der Waals surface area contributed by atoms with Crippen LogP contribution in [0, 0.1) is 0 Å². The minimum Gasteiger partial charge on any atom is -0.493 e. The highest BCUT2D eigenvalue weighted by Crippen LogP contribution is 2.32. The molecule has 4 rings (SSSR count). The first-order valence-corrected chi connectivity index (χ1v) is 12.5. The molecule has 0 unspecified atom stereocenters. The number of nitrogens with one attached hydrogen (secondary N) is 1. The van der Waals surface area contributed by atoms with Gasteiger partial charge in [-0.15, -0.1) is 0 Å². The number of carbonyl (C=O) groups excluding carboxylic acids is 1. The predicted octanol–water partition coefficient (Wildman–Crippen LogP) is 3.40. The molecule has 0 bridgehead atoms. The van der Waals surface area contributed by atoms with Crippen molar-refractivity contribution in [3.05, 3.63) is 97.1 Å². The maximum Gasteiger partial charge on any atom is 0.264 e. The van der Waals surface area contributed by atoms with Crippen LogP contribution in [0.15, 0.2) is 96.4 Å². The van der Waals surface area contributed by atoms with E-state index in [0.29, 0.717) is 11.4 Å². The van der Waals surface area contributed by atoms with E-state index in [0.717, 1.165) is 15.6 Å². The third-order valence-corrected chi connectivity index (χ3v) is 7.27.